The standard InChI is InChI=1S/C14H31N3O/c1-4-14-12-16(2)8-6-9-17(14)11-13(15)7-5-10-18-3/h13-14H,4-12,15H2,1-3H3. The molecule has 0 radical (unpaired) electrons. The number of nitrogens with two attached hydrogens (primary N) is 1. The fraction of sp³-hybridized carbons (Fsp3) is 1.00. The van der Waals surface area contributed by atoms with Gasteiger partial charge in [0.25, 0.3) is 0 Å². The zero-order valence-electron chi connectivity index (χ0n) is 12.4. The minimum absolute atomic E-state index is 0.289. The van der Waals surface area contributed by atoms with Gasteiger partial charge in [0.15, 0.2) is 0 Å². The third-order valence-corrected chi connectivity index (χ3v) is 3.89. The van der Waals surface area contributed by atoms with E-state index in [1.807, 2.05) is 0 Å². The largest absolute Gasteiger partial charge is 0.385 e. The minimum atomic E-state index is 0.289. The molecule has 0 saturated carbocycles. The smallest absolute Gasteiger partial charge is 0.0462 e. The lowest BCUT2D eigenvalue weighted by molar-refractivity contribution is 0.161. The molecule has 4 heteroatoms. The maximum absolute atomic E-state index is 6.24. The van der Waals surface area contributed by atoms with Gasteiger partial charge >= 0.3 is 0 Å². The van der Waals surface area contributed by atoms with Gasteiger partial charge in [-0.2, -0.15) is 0 Å². The van der Waals surface area contributed by atoms with Crippen LogP contribution in [-0.4, -0.2) is 68.8 Å². The molecule has 4 nitrogen and oxygen atoms in total. The predicted octanol–water partition coefficient (Wildman–Crippen LogP) is 1.16. The fourth-order valence-corrected chi connectivity index (χ4v) is 2.80. The highest BCUT2D eigenvalue weighted by Gasteiger charge is 2.23. The van der Waals surface area contributed by atoms with Crippen molar-refractivity contribution in [1.29, 1.82) is 0 Å². The van der Waals surface area contributed by atoms with Gasteiger partial charge in [0, 0.05) is 38.9 Å². The normalized spacial score (nSPS) is 25.0. The van der Waals surface area contributed by atoms with Gasteiger partial charge in [0.2, 0.25) is 0 Å². The highest BCUT2D eigenvalue weighted by molar-refractivity contribution is 4.80. The van der Waals surface area contributed by atoms with E-state index >= 15 is 0 Å². The molecule has 2 unspecified atom stereocenters. The molecule has 0 aromatic carbocycles. The lowest BCUT2D eigenvalue weighted by atomic mass is 10.1. The molecular formula is C14H31N3O. The molecule has 2 N–H and O–H groups in total. The summed E-state index contributed by atoms with van der Waals surface area (Å²) in [5.41, 5.74) is 6.24. The van der Waals surface area contributed by atoms with Crippen LogP contribution in [0.4, 0.5) is 0 Å². The van der Waals surface area contributed by atoms with E-state index < -0.39 is 0 Å². The summed E-state index contributed by atoms with van der Waals surface area (Å²) in [5, 5.41) is 0. The highest BCUT2D eigenvalue weighted by Crippen LogP contribution is 2.13. The molecule has 0 spiro atoms. The summed E-state index contributed by atoms with van der Waals surface area (Å²) in [6, 6.07) is 0.962. The van der Waals surface area contributed by atoms with Crippen LogP contribution in [0.15, 0.2) is 0 Å². The fourth-order valence-electron chi connectivity index (χ4n) is 2.80. The Morgan fingerprint density at radius 2 is 2.17 bits per heavy atom. The Bertz CT molecular complexity index is 213. The van der Waals surface area contributed by atoms with Gasteiger partial charge < -0.3 is 15.4 Å². The first-order valence-corrected chi connectivity index (χ1v) is 7.34. The van der Waals surface area contributed by atoms with E-state index in [9.17, 15) is 0 Å². The van der Waals surface area contributed by atoms with Crippen molar-refractivity contribution >= 4 is 0 Å². The molecule has 0 aliphatic carbocycles. The Morgan fingerprint density at radius 1 is 1.39 bits per heavy atom. The van der Waals surface area contributed by atoms with E-state index in [1.54, 1.807) is 7.11 Å². The van der Waals surface area contributed by atoms with E-state index in [-0.39, 0.29) is 6.04 Å². The molecule has 18 heavy (non-hydrogen) atoms. The van der Waals surface area contributed by atoms with Crippen LogP contribution in [0.5, 0.6) is 0 Å². The second-order valence-corrected chi connectivity index (χ2v) is 5.57. The molecule has 2 atom stereocenters. The number of methoxy groups -OCH3 is 1. The zero-order valence-corrected chi connectivity index (χ0v) is 12.4. The number of nitrogens with zero attached hydrogens (tertiary/aromatic N) is 2. The molecule has 1 fully saturated rings. The number of hydrogen-bond donors (Lipinski definition) is 1. The summed E-state index contributed by atoms with van der Waals surface area (Å²) in [4.78, 5) is 5.05. The average Bonchev–Trinajstić information content (AvgIpc) is 2.51. The number of likely N-dealkylation sites (N-methyl/N-ethyl adjacent to an activating group) is 1. The van der Waals surface area contributed by atoms with Crippen LogP contribution in [0.1, 0.15) is 32.6 Å². The summed E-state index contributed by atoms with van der Waals surface area (Å²) in [5.74, 6) is 0. The molecule has 1 aliphatic heterocycles. The quantitative estimate of drug-likeness (QED) is 0.695. The van der Waals surface area contributed by atoms with Crippen molar-refractivity contribution < 1.29 is 4.74 Å². The van der Waals surface area contributed by atoms with Crippen LogP contribution in [0, 0.1) is 0 Å². The number of ether oxygens (including phenoxy) is 1. The molecule has 0 bridgehead atoms. The van der Waals surface area contributed by atoms with Crippen molar-refractivity contribution in [2.45, 2.75) is 44.7 Å². The second-order valence-electron chi connectivity index (χ2n) is 5.57. The third-order valence-electron chi connectivity index (χ3n) is 3.89. The molecule has 0 amide bonds. The second kappa shape index (κ2) is 8.86. The summed E-state index contributed by atoms with van der Waals surface area (Å²) in [6.45, 7) is 7.74. The van der Waals surface area contributed by atoms with Crippen molar-refractivity contribution in [3.63, 3.8) is 0 Å². The van der Waals surface area contributed by atoms with Crippen molar-refractivity contribution in [3.8, 4) is 0 Å². The maximum Gasteiger partial charge on any atom is 0.0462 e. The summed E-state index contributed by atoms with van der Waals surface area (Å²) in [7, 11) is 3.98. The first-order valence-electron chi connectivity index (χ1n) is 7.34. The van der Waals surface area contributed by atoms with Crippen LogP contribution >= 0.6 is 0 Å². The molecule has 1 heterocycles. The van der Waals surface area contributed by atoms with Gasteiger partial charge in [0.1, 0.15) is 0 Å². The van der Waals surface area contributed by atoms with Crippen LogP contribution in [-0.2, 0) is 4.74 Å². The van der Waals surface area contributed by atoms with Crippen molar-refractivity contribution in [1.82, 2.24) is 9.80 Å². The van der Waals surface area contributed by atoms with Gasteiger partial charge in [-0.25, -0.2) is 0 Å². The molecule has 1 rings (SSSR count). The Morgan fingerprint density at radius 3 is 2.83 bits per heavy atom. The molecule has 1 saturated heterocycles. The first kappa shape index (κ1) is 15.9. The van der Waals surface area contributed by atoms with Gasteiger partial charge in [0.05, 0.1) is 0 Å². The zero-order chi connectivity index (χ0) is 13.4. The first-order chi connectivity index (χ1) is 8.67. The SMILES string of the molecule is CCC1CN(C)CCCN1CC(N)CCCOC. The Kier molecular flexibility index (Phi) is 7.82. The lowest BCUT2D eigenvalue weighted by Gasteiger charge is -2.32. The van der Waals surface area contributed by atoms with Gasteiger partial charge in [-0.05, 0) is 45.8 Å². The highest BCUT2D eigenvalue weighted by atomic mass is 16.5. The topological polar surface area (TPSA) is 41.7 Å². The van der Waals surface area contributed by atoms with Crippen LogP contribution in [0.3, 0.4) is 0 Å². The average molecular weight is 257 g/mol. The Labute approximate surface area is 112 Å². The summed E-state index contributed by atoms with van der Waals surface area (Å²) >= 11 is 0. The van der Waals surface area contributed by atoms with Crippen molar-refractivity contribution in [2.75, 3.05) is 46.9 Å². The molecule has 0 aromatic heterocycles. The lowest BCUT2D eigenvalue weighted by Crippen LogP contribution is -2.45. The Hall–Kier alpha value is -0.160. The number of rotatable bonds is 7. The third kappa shape index (κ3) is 5.65. The molecule has 1 aliphatic rings. The van der Waals surface area contributed by atoms with Gasteiger partial charge in [-0.1, -0.05) is 6.92 Å². The van der Waals surface area contributed by atoms with Crippen molar-refractivity contribution in [2.24, 2.45) is 5.73 Å². The van der Waals surface area contributed by atoms with Crippen molar-refractivity contribution in [3.05, 3.63) is 0 Å². The summed E-state index contributed by atoms with van der Waals surface area (Å²) < 4.78 is 5.08. The van der Waals surface area contributed by atoms with Gasteiger partial charge in [-0.3, -0.25) is 4.90 Å². The monoisotopic (exact) mass is 257 g/mol. The van der Waals surface area contributed by atoms with E-state index in [0.717, 1.165) is 26.0 Å². The van der Waals surface area contributed by atoms with E-state index in [2.05, 4.69) is 23.8 Å². The molecule has 0 aromatic rings. The minimum Gasteiger partial charge on any atom is -0.385 e. The van der Waals surface area contributed by atoms with Crippen LogP contribution < -0.4 is 5.73 Å². The van der Waals surface area contributed by atoms with Gasteiger partial charge in [-0.15, -0.1) is 0 Å². The van der Waals surface area contributed by atoms with E-state index in [1.165, 1.54) is 32.5 Å². The summed E-state index contributed by atoms with van der Waals surface area (Å²) in [6.07, 6.45) is 4.62. The number of hydrogen-bond acceptors (Lipinski definition) is 4. The van der Waals surface area contributed by atoms with E-state index in [4.69, 9.17) is 10.5 Å². The van der Waals surface area contributed by atoms with E-state index in [0.29, 0.717) is 6.04 Å². The Balaban J connectivity index is 2.37. The predicted molar refractivity (Wildman–Crippen MR) is 76.9 cm³/mol. The van der Waals surface area contributed by atoms with Crippen LogP contribution in [0.2, 0.25) is 0 Å². The molecule has 108 valence electrons. The molecular weight excluding hydrogens is 226 g/mol. The van der Waals surface area contributed by atoms with Crippen LogP contribution in [0.25, 0.3) is 0 Å². The maximum atomic E-state index is 6.24.